The Morgan fingerprint density at radius 3 is 2.62 bits per heavy atom. The second-order valence-electron chi connectivity index (χ2n) is 3.81. The van der Waals surface area contributed by atoms with Gasteiger partial charge in [0.05, 0.1) is 12.7 Å². The Morgan fingerprint density at radius 1 is 1.19 bits per heavy atom. The van der Waals surface area contributed by atoms with E-state index < -0.39 is 6.10 Å². The van der Waals surface area contributed by atoms with Crippen molar-refractivity contribution in [3.05, 3.63) is 42.0 Å². The van der Waals surface area contributed by atoms with Gasteiger partial charge < -0.3 is 9.84 Å². The van der Waals surface area contributed by atoms with Gasteiger partial charge in [0.25, 0.3) is 0 Å². The van der Waals surface area contributed by atoms with Crippen LogP contribution in [0.5, 0.6) is 5.75 Å². The van der Waals surface area contributed by atoms with Crippen molar-refractivity contribution in [1.29, 1.82) is 0 Å². The fourth-order valence-electron chi connectivity index (χ4n) is 1.99. The van der Waals surface area contributed by atoms with Gasteiger partial charge in [-0.2, -0.15) is 0 Å². The van der Waals surface area contributed by atoms with Crippen molar-refractivity contribution in [2.45, 2.75) is 20.0 Å². The summed E-state index contributed by atoms with van der Waals surface area (Å²) < 4.78 is 5.55. The third-order valence-electron chi connectivity index (χ3n) is 2.65. The van der Waals surface area contributed by atoms with E-state index in [-0.39, 0.29) is 0 Å². The van der Waals surface area contributed by atoms with Crippen LogP contribution in [0.3, 0.4) is 0 Å². The van der Waals surface area contributed by atoms with E-state index in [1.807, 2.05) is 43.3 Å². The largest absolute Gasteiger partial charge is 0.493 e. The summed E-state index contributed by atoms with van der Waals surface area (Å²) in [6.45, 7) is 4.32. The summed E-state index contributed by atoms with van der Waals surface area (Å²) in [6, 6.07) is 12.0. The van der Waals surface area contributed by atoms with Gasteiger partial charge in [-0.15, -0.1) is 0 Å². The molecule has 0 aromatic heterocycles. The Hall–Kier alpha value is -1.54. The minimum Gasteiger partial charge on any atom is -0.493 e. The summed E-state index contributed by atoms with van der Waals surface area (Å²) in [7, 11) is 0. The molecule has 2 rings (SSSR count). The second kappa shape index (κ2) is 4.54. The molecule has 0 saturated carbocycles. The van der Waals surface area contributed by atoms with E-state index in [9.17, 15) is 5.11 Å². The highest BCUT2D eigenvalue weighted by molar-refractivity contribution is 5.88. The molecular weight excluding hydrogens is 200 g/mol. The summed E-state index contributed by atoms with van der Waals surface area (Å²) in [5.74, 6) is 0.774. The van der Waals surface area contributed by atoms with Crippen molar-refractivity contribution in [2.24, 2.45) is 0 Å². The fourth-order valence-corrected chi connectivity index (χ4v) is 1.99. The first-order chi connectivity index (χ1) is 7.74. The third kappa shape index (κ3) is 1.89. The van der Waals surface area contributed by atoms with Crippen molar-refractivity contribution < 1.29 is 9.84 Å². The monoisotopic (exact) mass is 216 g/mol. The van der Waals surface area contributed by atoms with Gasteiger partial charge in [0.1, 0.15) is 5.75 Å². The summed E-state index contributed by atoms with van der Waals surface area (Å²) in [6.07, 6.45) is -0.521. The van der Waals surface area contributed by atoms with Crippen LogP contribution in [0.25, 0.3) is 10.8 Å². The zero-order valence-corrected chi connectivity index (χ0v) is 9.60. The minimum absolute atomic E-state index is 0.521. The van der Waals surface area contributed by atoms with Gasteiger partial charge in [-0.3, -0.25) is 0 Å². The maximum absolute atomic E-state index is 9.85. The molecule has 0 radical (unpaired) electrons. The van der Waals surface area contributed by atoms with Crippen LogP contribution in [0, 0.1) is 0 Å². The van der Waals surface area contributed by atoms with Crippen LogP contribution in [-0.4, -0.2) is 11.7 Å². The summed E-state index contributed by atoms with van der Waals surface area (Å²) in [5, 5.41) is 12.0. The van der Waals surface area contributed by atoms with E-state index in [2.05, 4.69) is 0 Å². The molecule has 1 unspecified atom stereocenters. The molecule has 0 amide bonds. The van der Waals surface area contributed by atoms with E-state index in [0.29, 0.717) is 6.61 Å². The van der Waals surface area contributed by atoms with Crippen molar-refractivity contribution in [2.75, 3.05) is 6.61 Å². The lowest BCUT2D eigenvalue weighted by molar-refractivity contribution is 0.194. The summed E-state index contributed by atoms with van der Waals surface area (Å²) in [5.41, 5.74) is 0.875. The number of aliphatic hydroxyl groups excluding tert-OH is 1. The third-order valence-corrected chi connectivity index (χ3v) is 2.65. The van der Waals surface area contributed by atoms with Crippen LogP contribution in [-0.2, 0) is 0 Å². The number of rotatable bonds is 3. The van der Waals surface area contributed by atoms with Gasteiger partial charge in [-0.1, -0.05) is 30.3 Å². The number of hydrogen-bond acceptors (Lipinski definition) is 2. The first kappa shape index (κ1) is 11.0. The van der Waals surface area contributed by atoms with Crippen LogP contribution in [0.4, 0.5) is 0 Å². The van der Waals surface area contributed by atoms with Gasteiger partial charge in [0.15, 0.2) is 0 Å². The molecule has 16 heavy (non-hydrogen) atoms. The first-order valence-corrected chi connectivity index (χ1v) is 5.56. The van der Waals surface area contributed by atoms with Crippen LogP contribution < -0.4 is 4.74 Å². The molecule has 2 aromatic rings. The Labute approximate surface area is 95.5 Å². The molecule has 0 aliphatic carbocycles. The molecule has 2 heteroatoms. The highest BCUT2D eigenvalue weighted by Crippen LogP contribution is 2.32. The molecule has 0 bridgehead atoms. The lowest BCUT2D eigenvalue weighted by Gasteiger charge is -2.15. The van der Waals surface area contributed by atoms with E-state index in [4.69, 9.17) is 4.74 Å². The molecule has 0 aliphatic rings. The predicted molar refractivity (Wildman–Crippen MR) is 65.8 cm³/mol. The SMILES string of the molecule is CCOc1ccc2ccccc2c1C(C)O. The predicted octanol–water partition coefficient (Wildman–Crippen LogP) is 3.29. The maximum atomic E-state index is 9.85. The van der Waals surface area contributed by atoms with Crippen molar-refractivity contribution >= 4 is 10.8 Å². The molecule has 1 N–H and O–H groups in total. The van der Waals surface area contributed by atoms with Gasteiger partial charge in [-0.05, 0) is 30.7 Å². The highest BCUT2D eigenvalue weighted by Gasteiger charge is 2.12. The molecule has 84 valence electrons. The Bertz CT molecular complexity index is 489. The van der Waals surface area contributed by atoms with E-state index in [1.54, 1.807) is 6.92 Å². The molecular formula is C14H16O2. The van der Waals surface area contributed by atoms with Crippen molar-refractivity contribution in [3.8, 4) is 5.75 Å². The Balaban J connectivity index is 2.69. The normalized spacial score (nSPS) is 12.7. The maximum Gasteiger partial charge on any atom is 0.125 e. The average Bonchev–Trinajstić information content (AvgIpc) is 2.28. The summed E-state index contributed by atoms with van der Waals surface area (Å²) >= 11 is 0. The van der Waals surface area contributed by atoms with Gasteiger partial charge in [0.2, 0.25) is 0 Å². The topological polar surface area (TPSA) is 29.5 Å². The molecule has 2 aromatic carbocycles. The number of aliphatic hydroxyl groups is 1. The van der Waals surface area contributed by atoms with E-state index >= 15 is 0 Å². The molecule has 0 spiro atoms. The van der Waals surface area contributed by atoms with Crippen LogP contribution in [0.2, 0.25) is 0 Å². The first-order valence-electron chi connectivity index (χ1n) is 5.56. The van der Waals surface area contributed by atoms with Crippen LogP contribution in [0.15, 0.2) is 36.4 Å². The summed E-state index contributed by atoms with van der Waals surface area (Å²) in [4.78, 5) is 0. The van der Waals surface area contributed by atoms with Gasteiger partial charge >= 0.3 is 0 Å². The van der Waals surface area contributed by atoms with Gasteiger partial charge in [0, 0.05) is 5.56 Å². The average molecular weight is 216 g/mol. The van der Waals surface area contributed by atoms with Crippen molar-refractivity contribution in [3.63, 3.8) is 0 Å². The number of benzene rings is 2. The zero-order chi connectivity index (χ0) is 11.5. The minimum atomic E-state index is -0.521. The Kier molecular flexibility index (Phi) is 3.11. The van der Waals surface area contributed by atoms with Crippen LogP contribution >= 0.6 is 0 Å². The highest BCUT2D eigenvalue weighted by atomic mass is 16.5. The van der Waals surface area contributed by atoms with E-state index in [1.165, 1.54) is 0 Å². The lowest BCUT2D eigenvalue weighted by Crippen LogP contribution is -2.00. The molecule has 0 fully saturated rings. The number of ether oxygens (including phenoxy) is 1. The van der Waals surface area contributed by atoms with E-state index in [0.717, 1.165) is 22.1 Å². The van der Waals surface area contributed by atoms with Gasteiger partial charge in [-0.25, -0.2) is 0 Å². The number of fused-ring (bicyclic) bond motifs is 1. The molecule has 1 atom stereocenters. The Morgan fingerprint density at radius 2 is 1.94 bits per heavy atom. The molecule has 0 heterocycles. The van der Waals surface area contributed by atoms with Crippen molar-refractivity contribution in [1.82, 2.24) is 0 Å². The molecule has 2 nitrogen and oxygen atoms in total. The lowest BCUT2D eigenvalue weighted by atomic mass is 10.00. The fraction of sp³-hybridized carbons (Fsp3) is 0.286. The zero-order valence-electron chi connectivity index (χ0n) is 9.60. The number of hydrogen-bond donors (Lipinski definition) is 1. The second-order valence-corrected chi connectivity index (χ2v) is 3.81. The standard InChI is InChI=1S/C14H16O2/c1-3-16-13-9-8-11-6-4-5-7-12(11)14(13)10(2)15/h4-10,15H,3H2,1-2H3. The quantitative estimate of drug-likeness (QED) is 0.853. The van der Waals surface area contributed by atoms with Crippen LogP contribution in [0.1, 0.15) is 25.5 Å². The molecule has 0 aliphatic heterocycles. The smallest absolute Gasteiger partial charge is 0.125 e. The molecule has 0 saturated heterocycles.